The molecule has 0 amide bonds. The van der Waals surface area contributed by atoms with E-state index >= 15 is 0 Å². The zero-order valence-corrected chi connectivity index (χ0v) is 17.4. The number of benzene rings is 2. The zero-order chi connectivity index (χ0) is 20.6. The highest BCUT2D eigenvalue weighted by atomic mass is 16.5. The lowest BCUT2D eigenvalue weighted by molar-refractivity contribution is 0.122. The highest BCUT2D eigenvalue weighted by molar-refractivity contribution is 5.83. The van der Waals surface area contributed by atoms with Gasteiger partial charge in [-0.3, -0.25) is 0 Å². The van der Waals surface area contributed by atoms with Crippen molar-refractivity contribution in [2.45, 2.75) is 25.3 Å². The second-order valence-corrected chi connectivity index (χ2v) is 8.29. The van der Waals surface area contributed by atoms with Gasteiger partial charge in [-0.15, -0.1) is 0 Å². The molecule has 31 heavy (non-hydrogen) atoms. The van der Waals surface area contributed by atoms with Crippen LogP contribution in [0.2, 0.25) is 0 Å². The van der Waals surface area contributed by atoms with Crippen molar-refractivity contribution in [1.29, 1.82) is 0 Å². The third-order valence-electron chi connectivity index (χ3n) is 6.40. The number of aryl methyl sites for hydroxylation is 1. The molecule has 6 rings (SSSR count). The summed E-state index contributed by atoms with van der Waals surface area (Å²) in [7, 11) is 0. The van der Waals surface area contributed by atoms with Crippen LogP contribution in [-0.4, -0.2) is 45.8 Å². The molecule has 6 nitrogen and oxygen atoms in total. The van der Waals surface area contributed by atoms with E-state index in [-0.39, 0.29) is 0 Å². The fourth-order valence-corrected chi connectivity index (χ4v) is 4.82. The molecule has 1 fully saturated rings. The van der Waals surface area contributed by atoms with Crippen molar-refractivity contribution in [3.05, 3.63) is 72.3 Å². The van der Waals surface area contributed by atoms with Gasteiger partial charge in [-0.2, -0.15) is 0 Å². The van der Waals surface area contributed by atoms with Crippen molar-refractivity contribution >= 4 is 17.0 Å². The van der Waals surface area contributed by atoms with Gasteiger partial charge >= 0.3 is 0 Å². The SMILES string of the molecule is c1ccc([C@H]2CCCc3nc4ccc(-c5cnc(N6CCOCC6)nc5)cc4n32)cc1. The van der Waals surface area contributed by atoms with Gasteiger partial charge in [0.2, 0.25) is 5.95 Å². The van der Waals surface area contributed by atoms with Crippen molar-refractivity contribution in [2.24, 2.45) is 0 Å². The first-order chi connectivity index (χ1) is 15.4. The van der Waals surface area contributed by atoms with Crippen LogP contribution in [0.15, 0.2) is 60.9 Å². The number of hydrogen-bond donors (Lipinski definition) is 0. The quantitative estimate of drug-likeness (QED) is 0.504. The Morgan fingerprint density at radius 3 is 2.52 bits per heavy atom. The highest BCUT2D eigenvalue weighted by Crippen LogP contribution is 2.35. The lowest BCUT2D eigenvalue weighted by Gasteiger charge is -2.27. The van der Waals surface area contributed by atoms with E-state index in [1.54, 1.807) is 0 Å². The van der Waals surface area contributed by atoms with E-state index < -0.39 is 0 Å². The Balaban J connectivity index is 1.38. The van der Waals surface area contributed by atoms with Gasteiger partial charge in [0, 0.05) is 37.5 Å². The summed E-state index contributed by atoms with van der Waals surface area (Å²) < 4.78 is 7.87. The maximum Gasteiger partial charge on any atom is 0.225 e. The maximum atomic E-state index is 5.43. The molecule has 1 atom stereocenters. The third kappa shape index (κ3) is 3.37. The number of fused-ring (bicyclic) bond motifs is 3. The zero-order valence-electron chi connectivity index (χ0n) is 17.4. The Morgan fingerprint density at radius 2 is 1.71 bits per heavy atom. The Labute approximate surface area is 181 Å². The van der Waals surface area contributed by atoms with E-state index in [4.69, 9.17) is 9.72 Å². The first-order valence-electron chi connectivity index (χ1n) is 11.1. The minimum absolute atomic E-state index is 0.338. The van der Waals surface area contributed by atoms with Crippen LogP contribution in [0.4, 0.5) is 5.95 Å². The number of nitrogens with zero attached hydrogens (tertiary/aromatic N) is 5. The van der Waals surface area contributed by atoms with Crippen LogP contribution in [0, 0.1) is 0 Å². The van der Waals surface area contributed by atoms with E-state index in [2.05, 4.69) is 68.0 Å². The molecule has 0 N–H and O–H groups in total. The molecule has 0 radical (unpaired) electrons. The molecule has 2 aliphatic rings. The first kappa shape index (κ1) is 18.5. The molecule has 4 heterocycles. The molecular weight excluding hydrogens is 386 g/mol. The van der Waals surface area contributed by atoms with Crippen molar-refractivity contribution in [2.75, 3.05) is 31.2 Å². The largest absolute Gasteiger partial charge is 0.378 e. The molecule has 0 spiro atoms. The van der Waals surface area contributed by atoms with Gasteiger partial charge in [-0.05, 0) is 36.1 Å². The van der Waals surface area contributed by atoms with Crippen LogP contribution >= 0.6 is 0 Å². The number of aromatic nitrogens is 4. The monoisotopic (exact) mass is 411 g/mol. The molecule has 2 aromatic carbocycles. The molecule has 4 aromatic rings. The van der Waals surface area contributed by atoms with E-state index in [0.717, 1.165) is 61.7 Å². The standard InChI is InChI=1S/C25H25N5O/c1-2-5-18(6-3-1)22-7-4-8-24-28-21-10-9-19(15-23(21)30(22)24)20-16-26-25(27-17-20)29-11-13-31-14-12-29/h1-3,5-6,9-10,15-17,22H,4,7-8,11-14H2/t22-/m1/s1. The smallest absolute Gasteiger partial charge is 0.225 e. The fourth-order valence-electron chi connectivity index (χ4n) is 4.82. The number of ether oxygens (including phenoxy) is 1. The number of imidazole rings is 1. The lowest BCUT2D eigenvalue weighted by Crippen LogP contribution is -2.37. The summed E-state index contributed by atoms with van der Waals surface area (Å²) in [5.41, 5.74) is 5.76. The average molecular weight is 412 g/mol. The first-order valence-corrected chi connectivity index (χ1v) is 11.1. The second-order valence-electron chi connectivity index (χ2n) is 8.29. The van der Waals surface area contributed by atoms with E-state index in [1.807, 2.05) is 12.4 Å². The van der Waals surface area contributed by atoms with Crippen LogP contribution in [0.3, 0.4) is 0 Å². The minimum Gasteiger partial charge on any atom is -0.378 e. The van der Waals surface area contributed by atoms with E-state index in [1.165, 1.54) is 23.3 Å². The van der Waals surface area contributed by atoms with Gasteiger partial charge in [0.25, 0.3) is 0 Å². The van der Waals surface area contributed by atoms with Crippen LogP contribution in [0.25, 0.3) is 22.2 Å². The summed E-state index contributed by atoms with van der Waals surface area (Å²) in [6.45, 7) is 3.15. The summed E-state index contributed by atoms with van der Waals surface area (Å²) in [5.74, 6) is 1.96. The number of morpholine rings is 1. The third-order valence-corrected chi connectivity index (χ3v) is 6.40. The fraction of sp³-hybridized carbons (Fsp3) is 0.320. The molecule has 2 aromatic heterocycles. The normalized spacial score (nSPS) is 18.8. The molecule has 1 saturated heterocycles. The summed E-state index contributed by atoms with van der Waals surface area (Å²) in [6, 6.07) is 17.6. The Morgan fingerprint density at radius 1 is 0.903 bits per heavy atom. The number of anilines is 1. The number of hydrogen-bond acceptors (Lipinski definition) is 5. The lowest BCUT2D eigenvalue weighted by atomic mass is 9.97. The predicted octanol–water partition coefficient (Wildman–Crippen LogP) is 4.26. The van der Waals surface area contributed by atoms with Gasteiger partial charge in [0.05, 0.1) is 30.3 Å². The van der Waals surface area contributed by atoms with Crippen LogP contribution in [0.5, 0.6) is 0 Å². The van der Waals surface area contributed by atoms with Crippen LogP contribution < -0.4 is 4.90 Å². The molecule has 0 saturated carbocycles. The Kier molecular flexibility index (Phi) is 4.65. The van der Waals surface area contributed by atoms with E-state index in [0.29, 0.717) is 6.04 Å². The van der Waals surface area contributed by atoms with Crippen molar-refractivity contribution in [3.63, 3.8) is 0 Å². The van der Waals surface area contributed by atoms with Crippen LogP contribution in [-0.2, 0) is 11.2 Å². The van der Waals surface area contributed by atoms with Crippen molar-refractivity contribution in [3.8, 4) is 11.1 Å². The Bertz CT molecular complexity index is 1200. The predicted molar refractivity (Wildman–Crippen MR) is 121 cm³/mol. The molecule has 0 aliphatic carbocycles. The van der Waals surface area contributed by atoms with Crippen molar-refractivity contribution < 1.29 is 4.74 Å². The maximum absolute atomic E-state index is 5.43. The summed E-state index contributed by atoms with van der Waals surface area (Å²) >= 11 is 0. The molecule has 0 unspecified atom stereocenters. The van der Waals surface area contributed by atoms with Crippen molar-refractivity contribution in [1.82, 2.24) is 19.5 Å². The molecule has 6 heteroatoms. The second kappa shape index (κ2) is 7.78. The van der Waals surface area contributed by atoms with Gasteiger partial charge in [0.1, 0.15) is 5.82 Å². The minimum atomic E-state index is 0.338. The average Bonchev–Trinajstić information content (AvgIpc) is 3.23. The van der Waals surface area contributed by atoms with Gasteiger partial charge < -0.3 is 14.2 Å². The van der Waals surface area contributed by atoms with Gasteiger partial charge in [0.15, 0.2) is 0 Å². The van der Waals surface area contributed by atoms with Gasteiger partial charge in [-0.1, -0.05) is 36.4 Å². The molecule has 156 valence electrons. The summed E-state index contributed by atoms with van der Waals surface area (Å²) in [6.07, 6.45) is 7.21. The molecule has 0 bridgehead atoms. The topological polar surface area (TPSA) is 56.1 Å². The van der Waals surface area contributed by atoms with Crippen LogP contribution in [0.1, 0.15) is 30.3 Å². The molecular formula is C25H25N5O. The van der Waals surface area contributed by atoms with E-state index in [9.17, 15) is 0 Å². The Hall–Kier alpha value is -3.25. The summed E-state index contributed by atoms with van der Waals surface area (Å²) in [5, 5.41) is 0. The summed E-state index contributed by atoms with van der Waals surface area (Å²) in [4.78, 5) is 16.4. The van der Waals surface area contributed by atoms with Gasteiger partial charge in [-0.25, -0.2) is 15.0 Å². The highest BCUT2D eigenvalue weighted by Gasteiger charge is 2.25. The number of rotatable bonds is 3. The molecule has 2 aliphatic heterocycles.